The summed E-state index contributed by atoms with van der Waals surface area (Å²) in [4.78, 5) is 27.7. The lowest BCUT2D eigenvalue weighted by molar-refractivity contribution is -0.141. The number of hydrogen-bond donors (Lipinski definition) is 1. The van der Waals surface area contributed by atoms with Gasteiger partial charge in [-0.3, -0.25) is 14.6 Å². The monoisotopic (exact) mass is 318 g/mol. The first-order valence-corrected chi connectivity index (χ1v) is 7.01. The molecule has 114 valence electrons. The van der Waals surface area contributed by atoms with E-state index in [-0.39, 0.29) is 12.3 Å². The van der Waals surface area contributed by atoms with E-state index in [1.54, 1.807) is 36.4 Å². The Kier molecular flexibility index (Phi) is 5.49. The number of pyridine rings is 1. The van der Waals surface area contributed by atoms with Crippen molar-refractivity contribution < 1.29 is 14.3 Å². The Balaban J connectivity index is 2.23. The Morgan fingerprint density at radius 1 is 1.23 bits per heavy atom. The normalized spacial score (nSPS) is 11.5. The smallest absolute Gasteiger partial charge is 0.307 e. The van der Waals surface area contributed by atoms with Crippen LogP contribution in [0, 0.1) is 0 Å². The molecule has 1 N–H and O–H groups in total. The van der Waals surface area contributed by atoms with Gasteiger partial charge in [-0.2, -0.15) is 0 Å². The van der Waals surface area contributed by atoms with Crippen molar-refractivity contribution in [2.24, 2.45) is 0 Å². The number of methoxy groups -OCH3 is 1. The van der Waals surface area contributed by atoms with Gasteiger partial charge in [0.15, 0.2) is 0 Å². The third-order valence-electron chi connectivity index (χ3n) is 3.13. The summed E-state index contributed by atoms with van der Waals surface area (Å²) in [6, 6.07) is 9.67. The van der Waals surface area contributed by atoms with Gasteiger partial charge in [0.2, 0.25) is 0 Å². The maximum absolute atomic E-state index is 12.3. The van der Waals surface area contributed by atoms with Crippen LogP contribution < -0.4 is 5.32 Å². The van der Waals surface area contributed by atoms with Gasteiger partial charge < -0.3 is 10.1 Å². The second-order valence-electron chi connectivity index (χ2n) is 4.56. The number of esters is 1. The molecular formula is C16H15ClN2O3. The minimum absolute atomic E-state index is 0.00292. The Hall–Kier alpha value is -2.40. The van der Waals surface area contributed by atoms with E-state index in [0.717, 1.165) is 0 Å². The van der Waals surface area contributed by atoms with Gasteiger partial charge in [-0.25, -0.2) is 0 Å². The zero-order chi connectivity index (χ0) is 15.9. The van der Waals surface area contributed by atoms with E-state index in [1.807, 2.05) is 0 Å². The van der Waals surface area contributed by atoms with Crippen molar-refractivity contribution in [1.82, 2.24) is 10.3 Å². The van der Waals surface area contributed by atoms with Crippen molar-refractivity contribution in [2.45, 2.75) is 12.5 Å². The molecule has 0 spiro atoms. The van der Waals surface area contributed by atoms with Crippen molar-refractivity contribution in [3.63, 3.8) is 0 Å². The van der Waals surface area contributed by atoms with Crippen LogP contribution in [0.5, 0.6) is 0 Å². The van der Waals surface area contributed by atoms with Crippen LogP contribution in [0.1, 0.15) is 28.4 Å². The van der Waals surface area contributed by atoms with Gasteiger partial charge in [-0.15, -0.1) is 0 Å². The first-order valence-electron chi connectivity index (χ1n) is 6.64. The molecule has 1 aromatic heterocycles. The van der Waals surface area contributed by atoms with E-state index in [0.29, 0.717) is 16.1 Å². The third-order valence-corrected chi connectivity index (χ3v) is 3.47. The zero-order valence-corrected chi connectivity index (χ0v) is 12.7. The molecule has 2 aromatic rings. The first-order chi connectivity index (χ1) is 10.6. The molecule has 6 heteroatoms. The predicted molar refractivity (Wildman–Crippen MR) is 82.5 cm³/mol. The van der Waals surface area contributed by atoms with Crippen LogP contribution in [-0.4, -0.2) is 24.0 Å². The highest BCUT2D eigenvalue weighted by Gasteiger charge is 2.21. The number of nitrogens with zero attached hydrogens (tertiary/aromatic N) is 1. The van der Waals surface area contributed by atoms with Crippen LogP contribution in [-0.2, 0) is 9.53 Å². The molecule has 0 fully saturated rings. The molecule has 22 heavy (non-hydrogen) atoms. The summed E-state index contributed by atoms with van der Waals surface area (Å²) in [6.07, 6.45) is 3.05. The molecule has 0 aliphatic carbocycles. The summed E-state index contributed by atoms with van der Waals surface area (Å²) in [5, 5.41) is 3.28. The summed E-state index contributed by atoms with van der Waals surface area (Å²) >= 11 is 6.16. The van der Waals surface area contributed by atoms with Gasteiger partial charge in [0.25, 0.3) is 5.91 Å². The quantitative estimate of drug-likeness (QED) is 0.861. The summed E-state index contributed by atoms with van der Waals surface area (Å²) in [5.74, 6) is -0.740. The lowest BCUT2D eigenvalue weighted by atomic mass is 10.0. The van der Waals surface area contributed by atoms with Gasteiger partial charge in [0.05, 0.1) is 19.6 Å². The van der Waals surface area contributed by atoms with Crippen LogP contribution in [0.2, 0.25) is 5.02 Å². The fourth-order valence-corrected chi connectivity index (χ4v) is 2.26. The number of amides is 1. The molecule has 1 amide bonds. The van der Waals surface area contributed by atoms with Crippen molar-refractivity contribution in [2.75, 3.05) is 7.11 Å². The number of benzene rings is 1. The average molecular weight is 319 g/mol. The molecule has 1 unspecified atom stereocenters. The van der Waals surface area contributed by atoms with Crippen molar-refractivity contribution >= 4 is 23.5 Å². The molecule has 5 nitrogen and oxygen atoms in total. The lowest BCUT2D eigenvalue weighted by Gasteiger charge is -2.19. The minimum Gasteiger partial charge on any atom is -0.469 e. The highest BCUT2D eigenvalue weighted by atomic mass is 35.5. The number of nitrogens with one attached hydrogen (secondary N) is 1. The molecule has 0 radical (unpaired) electrons. The van der Waals surface area contributed by atoms with E-state index in [2.05, 4.69) is 15.0 Å². The summed E-state index contributed by atoms with van der Waals surface area (Å²) in [6.45, 7) is 0. The molecule has 0 aliphatic rings. The predicted octanol–water partition coefficient (Wildman–Crippen LogP) is 2.77. The Bertz CT molecular complexity index is 661. The van der Waals surface area contributed by atoms with E-state index >= 15 is 0 Å². The topological polar surface area (TPSA) is 68.3 Å². The van der Waals surface area contributed by atoms with Crippen LogP contribution in [0.15, 0.2) is 48.8 Å². The first kappa shape index (κ1) is 16.0. The number of ether oxygens (including phenoxy) is 1. The molecule has 0 saturated heterocycles. The van der Waals surface area contributed by atoms with Gasteiger partial charge >= 0.3 is 5.97 Å². The van der Waals surface area contributed by atoms with E-state index in [1.165, 1.54) is 19.5 Å². The number of rotatable bonds is 5. The molecule has 1 heterocycles. The average Bonchev–Trinajstić information content (AvgIpc) is 2.55. The zero-order valence-electron chi connectivity index (χ0n) is 12.0. The lowest BCUT2D eigenvalue weighted by Crippen LogP contribution is -2.30. The summed E-state index contributed by atoms with van der Waals surface area (Å²) < 4.78 is 4.69. The Morgan fingerprint density at radius 3 is 2.55 bits per heavy atom. The van der Waals surface area contributed by atoms with Crippen LogP contribution in [0.4, 0.5) is 0 Å². The van der Waals surface area contributed by atoms with Gasteiger partial charge in [-0.1, -0.05) is 29.8 Å². The van der Waals surface area contributed by atoms with Gasteiger partial charge in [0.1, 0.15) is 0 Å². The van der Waals surface area contributed by atoms with E-state index in [9.17, 15) is 9.59 Å². The van der Waals surface area contributed by atoms with E-state index in [4.69, 9.17) is 11.6 Å². The maximum Gasteiger partial charge on any atom is 0.307 e. The number of hydrogen-bond acceptors (Lipinski definition) is 4. The van der Waals surface area contributed by atoms with Crippen molar-refractivity contribution in [1.29, 1.82) is 0 Å². The standard InChI is InChI=1S/C16H15ClN2O3/c1-22-15(20)10-14(12-4-2-3-5-13(12)17)19-16(21)11-6-8-18-9-7-11/h2-9,14H,10H2,1H3,(H,19,21). The summed E-state index contributed by atoms with van der Waals surface area (Å²) in [7, 11) is 1.30. The van der Waals surface area contributed by atoms with Crippen LogP contribution in [0.3, 0.4) is 0 Å². The number of aromatic nitrogens is 1. The highest BCUT2D eigenvalue weighted by Crippen LogP contribution is 2.25. The SMILES string of the molecule is COC(=O)CC(NC(=O)c1ccncc1)c1ccccc1Cl. The molecule has 1 aromatic carbocycles. The largest absolute Gasteiger partial charge is 0.469 e. The summed E-state index contributed by atoms with van der Waals surface area (Å²) in [5.41, 5.74) is 1.12. The van der Waals surface area contributed by atoms with Crippen molar-refractivity contribution in [3.8, 4) is 0 Å². The fourth-order valence-electron chi connectivity index (χ4n) is 1.99. The number of carbonyl (C=O) groups excluding carboxylic acids is 2. The second kappa shape index (κ2) is 7.56. The van der Waals surface area contributed by atoms with Gasteiger partial charge in [0, 0.05) is 23.0 Å². The molecule has 0 bridgehead atoms. The fraction of sp³-hybridized carbons (Fsp3) is 0.188. The Morgan fingerprint density at radius 2 is 1.91 bits per heavy atom. The molecular weight excluding hydrogens is 304 g/mol. The highest BCUT2D eigenvalue weighted by molar-refractivity contribution is 6.31. The van der Waals surface area contributed by atoms with Crippen LogP contribution >= 0.6 is 11.6 Å². The molecule has 2 rings (SSSR count). The molecule has 0 aliphatic heterocycles. The second-order valence-corrected chi connectivity index (χ2v) is 4.97. The maximum atomic E-state index is 12.3. The van der Waals surface area contributed by atoms with Gasteiger partial charge in [-0.05, 0) is 23.8 Å². The number of halogens is 1. The van der Waals surface area contributed by atoms with Crippen LogP contribution in [0.25, 0.3) is 0 Å². The molecule has 1 atom stereocenters. The Labute approximate surface area is 133 Å². The van der Waals surface area contributed by atoms with E-state index < -0.39 is 12.0 Å². The minimum atomic E-state index is -0.568. The molecule has 0 saturated carbocycles. The third kappa shape index (κ3) is 4.05. The van der Waals surface area contributed by atoms with Crippen molar-refractivity contribution in [3.05, 3.63) is 64.9 Å². The number of carbonyl (C=O) groups is 2.